The van der Waals surface area contributed by atoms with Gasteiger partial charge in [0.25, 0.3) is 11.8 Å². The van der Waals surface area contributed by atoms with Crippen LogP contribution in [-0.4, -0.2) is 46.4 Å². The Morgan fingerprint density at radius 1 is 1.21 bits per heavy atom. The summed E-state index contributed by atoms with van der Waals surface area (Å²) in [7, 11) is 0. The molecule has 0 spiro atoms. The van der Waals surface area contributed by atoms with Gasteiger partial charge in [0.05, 0.1) is 0 Å². The van der Waals surface area contributed by atoms with Crippen LogP contribution in [0, 0.1) is 19.8 Å². The second kappa shape index (κ2) is 8.50. The molecule has 2 aliphatic rings. The Kier molecular flexibility index (Phi) is 5.86. The summed E-state index contributed by atoms with van der Waals surface area (Å²) in [5, 5.41) is 8.61. The average Bonchev–Trinajstić information content (AvgIpc) is 3.28. The summed E-state index contributed by atoms with van der Waals surface area (Å²) in [5.74, 6) is 0.274. The fraction of sp³-hybridized carbons (Fsp3) is 0.440. The van der Waals surface area contributed by atoms with E-state index in [4.69, 9.17) is 0 Å². The van der Waals surface area contributed by atoms with Gasteiger partial charge in [0.1, 0.15) is 11.4 Å². The van der Waals surface area contributed by atoms with Crippen LogP contribution in [0.5, 0.6) is 0 Å². The van der Waals surface area contributed by atoms with E-state index >= 15 is 0 Å². The normalized spacial score (nSPS) is 24.7. The summed E-state index contributed by atoms with van der Waals surface area (Å²) in [6.45, 7) is 10.5. The molecule has 2 aromatic rings. The van der Waals surface area contributed by atoms with E-state index in [0.717, 1.165) is 23.4 Å². The summed E-state index contributed by atoms with van der Waals surface area (Å²) in [4.78, 5) is 44.0. The molecule has 1 aromatic carbocycles. The Balaban J connectivity index is 1.49. The number of hydrogen-bond donors (Lipinski definition) is 3. The van der Waals surface area contributed by atoms with Crippen LogP contribution >= 0.6 is 0 Å². The monoisotopic (exact) mass is 449 g/mol. The standard InChI is InChI=1S/C25H31N5O3/c1-14(2)25(23(32)28-24(33)29-25)19-8-6-18(7-9-19)22(31)30-11-10-20(17(30)5)27-21-16(4)12-15(3)13-26-21/h6-9,12-14,17,20H,10-11H2,1-5H3,(H,26,27)(H2,28,29,32,33)/t17-,20+,25-/m1/s1. The third-order valence-electron chi connectivity index (χ3n) is 6.90. The van der Waals surface area contributed by atoms with Crippen molar-refractivity contribution in [1.82, 2.24) is 20.5 Å². The molecule has 0 saturated carbocycles. The number of anilines is 1. The number of carbonyl (C=O) groups excluding carboxylic acids is 3. The lowest BCUT2D eigenvalue weighted by atomic mass is 9.79. The molecule has 4 rings (SSSR count). The van der Waals surface area contributed by atoms with Crippen molar-refractivity contribution in [3.8, 4) is 0 Å². The number of imide groups is 1. The number of nitrogens with zero attached hydrogens (tertiary/aromatic N) is 2. The summed E-state index contributed by atoms with van der Waals surface area (Å²) in [6.07, 6.45) is 2.68. The first-order chi connectivity index (χ1) is 15.6. The van der Waals surface area contributed by atoms with Crippen molar-refractivity contribution in [2.75, 3.05) is 11.9 Å². The van der Waals surface area contributed by atoms with Gasteiger partial charge in [-0.3, -0.25) is 14.9 Å². The number of hydrogen-bond acceptors (Lipinski definition) is 5. The van der Waals surface area contributed by atoms with Crippen LogP contribution in [0.4, 0.5) is 10.6 Å². The molecule has 2 saturated heterocycles. The minimum atomic E-state index is -1.13. The lowest BCUT2D eigenvalue weighted by Gasteiger charge is -2.31. The highest BCUT2D eigenvalue weighted by Gasteiger charge is 2.50. The van der Waals surface area contributed by atoms with Gasteiger partial charge in [-0.25, -0.2) is 9.78 Å². The fourth-order valence-corrected chi connectivity index (χ4v) is 4.91. The van der Waals surface area contributed by atoms with Gasteiger partial charge >= 0.3 is 6.03 Å². The Hall–Kier alpha value is -3.42. The SMILES string of the molecule is Cc1cnc(N[C@H]2CCN(C(=O)c3ccc([C@@]4(C(C)C)NC(=O)NC4=O)cc3)[C@@H]2C)c(C)c1. The average molecular weight is 450 g/mol. The number of pyridine rings is 1. The summed E-state index contributed by atoms with van der Waals surface area (Å²) in [5.41, 5.74) is 2.29. The van der Waals surface area contributed by atoms with E-state index in [9.17, 15) is 14.4 Å². The van der Waals surface area contributed by atoms with E-state index in [-0.39, 0.29) is 29.8 Å². The van der Waals surface area contributed by atoms with Gasteiger partial charge in [0, 0.05) is 30.4 Å². The highest BCUT2D eigenvalue weighted by Crippen LogP contribution is 2.33. The highest BCUT2D eigenvalue weighted by molar-refractivity contribution is 6.07. The van der Waals surface area contributed by atoms with Crippen LogP contribution in [0.1, 0.15) is 54.2 Å². The third-order valence-corrected chi connectivity index (χ3v) is 6.90. The lowest BCUT2D eigenvalue weighted by molar-refractivity contribution is -0.125. The summed E-state index contributed by atoms with van der Waals surface area (Å²) in [6, 6.07) is 8.69. The topological polar surface area (TPSA) is 103 Å². The molecule has 2 fully saturated rings. The van der Waals surface area contributed by atoms with Crippen molar-refractivity contribution < 1.29 is 14.4 Å². The molecular weight excluding hydrogens is 418 g/mol. The molecule has 1 aromatic heterocycles. The molecule has 3 heterocycles. The van der Waals surface area contributed by atoms with Gasteiger partial charge in [-0.2, -0.15) is 0 Å². The molecule has 8 heteroatoms. The number of carbonyl (C=O) groups is 3. The zero-order valence-corrected chi connectivity index (χ0v) is 19.7. The molecule has 3 atom stereocenters. The quantitative estimate of drug-likeness (QED) is 0.609. The molecule has 33 heavy (non-hydrogen) atoms. The Morgan fingerprint density at radius 2 is 1.91 bits per heavy atom. The van der Waals surface area contributed by atoms with E-state index in [1.165, 1.54) is 0 Å². The summed E-state index contributed by atoms with van der Waals surface area (Å²) >= 11 is 0. The van der Waals surface area contributed by atoms with E-state index < -0.39 is 11.6 Å². The molecule has 2 aliphatic heterocycles. The predicted molar refractivity (Wildman–Crippen MR) is 126 cm³/mol. The molecule has 0 radical (unpaired) electrons. The van der Waals surface area contributed by atoms with E-state index in [0.29, 0.717) is 17.7 Å². The Morgan fingerprint density at radius 3 is 2.48 bits per heavy atom. The van der Waals surface area contributed by atoms with Crippen molar-refractivity contribution in [1.29, 1.82) is 0 Å². The number of aryl methyl sites for hydroxylation is 2. The van der Waals surface area contributed by atoms with Gasteiger partial charge in [-0.05, 0) is 61.9 Å². The molecular formula is C25H31N5O3. The first-order valence-electron chi connectivity index (χ1n) is 11.4. The zero-order valence-electron chi connectivity index (χ0n) is 19.7. The number of aromatic nitrogens is 1. The molecule has 4 amide bonds. The van der Waals surface area contributed by atoms with Gasteiger partial charge < -0.3 is 15.5 Å². The lowest BCUT2D eigenvalue weighted by Crippen LogP contribution is -2.48. The van der Waals surface area contributed by atoms with Crippen LogP contribution in [0.3, 0.4) is 0 Å². The second-order valence-corrected chi connectivity index (χ2v) is 9.41. The molecule has 0 unspecified atom stereocenters. The van der Waals surface area contributed by atoms with Gasteiger partial charge in [0.2, 0.25) is 0 Å². The maximum Gasteiger partial charge on any atom is 0.322 e. The van der Waals surface area contributed by atoms with Gasteiger partial charge in [-0.15, -0.1) is 0 Å². The van der Waals surface area contributed by atoms with E-state index in [2.05, 4.69) is 27.0 Å². The number of rotatable bonds is 5. The molecule has 3 N–H and O–H groups in total. The maximum absolute atomic E-state index is 13.3. The largest absolute Gasteiger partial charge is 0.365 e. The number of likely N-dealkylation sites (tertiary alicyclic amines) is 1. The van der Waals surface area contributed by atoms with Gasteiger partial charge in [-0.1, -0.05) is 32.0 Å². The van der Waals surface area contributed by atoms with Crippen LogP contribution in [0.2, 0.25) is 0 Å². The number of amides is 4. The smallest absolute Gasteiger partial charge is 0.322 e. The Bertz CT molecular complexity index is 1100. The zero-order chi connectivity index (χ0) is 23.9. The first-order valence-corrected chi connectivity index (χ1v) is 11.4. The van der Waals surface area contributed by atoms with Crippen molar-refractivity contribution in [2.45, 2.75) is 58.7 Å². The van der Waals surface area contributed by atoms with Gasteiger partial charge in [0.15, 0.2) is 0 Å². The van der Waals surface area contributed by atoms with E-state index in [1.807, 2.05) is 45.7 Å². The van der Waals surface area contributed by atoms with Crippen LogP contribution < -0.4 is 16.0 Å². The third kappa shape index (κ3) is 3.94. The number of nitrogens with one attached hydrogen (secondary N) is 3. The van der Waals surface area contributed by atoms with Crippen molar-refractivity contribution in [3.63, 3.8) is 0 Å². The first kappa shape index (κ1) is 22.8. The van der Waals surface area contributed by atoms with Crippen molar-refractivity contribution >= 4 is 23.7 Å². The molecule has 8 nitrogen and oxygen atoms in total. The number of urea groups is 1. The van der Waals surface area contributed by atoms with Crippen LogP contribution in [-0.2, 0) is 10.3 Å². The van der Waals surface area contributed by atoms with Crippen molar-refractivity contribution in [2.24, 2.45) is 5.92 Å². The number of benzene rings is 1. The summed E-state index contributed by atoms with van der Waals surface area (Å²) < 4.78 is 0. The van der Waals surface area contributed by atoms with Crippen molar-refractivity contribution in [3.05, 3.63) is 58.8 Å². The minimum Gasteiger partial charge on any atom is -0.365 e. The Labute approximate surface area is 194 Å². The molecule has 0 bridgehead atoms. The second-order valence-electron chi connectivity index (χ2n) is 9.41. The minimum absolute atomic E-state index is 0.00147. The van der Waals surface area contributed by atoms with E-state index in [1.54, 1.807) is 24.3 Å². The molecule has 0 aliphatic carbocycles. The predicted octanol–water partition coefficient (Wildman–Crippen LogP) is 3.10. The fourth-order valence-electron chi connectivity index (χ4n) is 4.91. The maximum atomic E-state index is 13.3. The molecule has 174 valence electrons. The van der Waals surface area contributed by atoms with Crippen LogP contribution in [0.25, 0.3) is 0 Å². The van der Waals surface area contributed by atoms with Crippen LogP contribution in [0.15, 0.2) is 36.5 Å². The highest BCUT2D eigenvalue weighted by atomic mass is 16.2.